The van der Waals surface area contributed by atoms with Gasteiger partial charge in [0.2, 0.25) is 0 Å². The van der Waals surface area contributed by atoms with Crippen LogP contribution in [0.1, 0.15) is 53.2 Å². The van der Waals surface area contributed by atoms with Gasteiger partial charge in [0.1, 0.15) is 0 Å². The van der Waals surface area contributed by atoms with Crippen LogP contribution in [0.2, 0.25) is 0 Å². The summed E-state index contributed by atoms with van der Waals surface area (Å²) in [6.07, 6.45) is -1.13. The van der Waals surface area contributed by atoms with Crippen molar-refractivity contribution in [2.75, 3.05) is 19.8 Å². The van der Waals surface area contributed by atoms with Gasteiger partial charge in [-0.3, -0.25) is 0 Å². The van der Waals surface area contributed by atoms with Crippen LogP contribution in [0.3, 0.4) is 0 Å². The molecule has 6 nitrogen and oxygen atoms in total. The van der Waals surface area contributed by atoms with Crippen LogP contribution < -0.4 is 0 Å². The van der Waals surface area contributed by atoms with Crippen LogP contribution in [0.4, 0.5) is 0 Å². The lowest BCUT2D eigenvalue weighted by molar-refractivity contribution is -0.238. The van der Waals surface area contributed by atoms with Crippen LogP contribution in [0.5, 0.6) is 0 Å². The molecule has 1 aromatic rings. The van der Waals surface area contributed by atoms with Gasteiger partial charge in [-0.05, 0) is 47.1 Å². The third-order valence-electron chi connectivity index (χ3n) is 3.32. The summed E-state index contributed by atoms with van der Waals surface area (Å²) in [6, 6.07) is 9.99. The lowest BCUT2D eigenvalue weighted by Gasteiger charge is -2.31. The standard InChI is InChI=1S/C18H32O6Si/c1-7-19-25(20-8-2,21-9-3)24-17(6)23-16(5)22-15(4)18-13-11-10-12-14-18/h10-17H,7-9H2,1-6H3. The van der Waals surface area contributed by atoms with E-state index in [0.29, 0.717) is 19.8 Å². The summed E-state index contributed by atoms with van der Waals surface area (Å²) >= 11 is 0. The van der Waals surface area contributed by atoms with Crippen molar-refractivity contribution in [1.29, 1.82) is 0 Å². The molecule has 3 unspecified atom stereocenters. The molecule has 0 aliphatic rings. The molecule has 0 saturated heterocycles. The molecule has 0 bridgehead atoms. The number of hydrogen-bond donors (Lipinski definition) is 0. The lowest BCUT2D eigenvalue weighted by Crippen LogP contribution is -2.52. The minimum Gasteiger partial charge on any atom is -0.351 e. The summed E-state index contributed by atoms with van der Waals surface area (Å²) in [5.74, 6) is 0. The SMILES string of the molecule is CCO[Si](OCC)(OCC)OC(C)OC(C)OC(C)c1ccccc1. The first kappa shape index (κ1) is 22.2. The molecule has 25 heavy (non-hydrogen) atoms. The summed E-state index contributed by atoms with van der Waals surface area (Å²) < 4.78 is 34.6. The molecule has 144 valence electrons. The average molecular weight is 373 g/mol. The quantitative estimate of drug-likeness (QED) is 0.385. The molecular formula is C18H32O6Si. The highest BCUT2D eigenvalue weighted by Gasteiger charge is 2.47. The van der Waals surface area contributed by atoms with Crippen LogP contribution in [-0.2, 0) is 27.2 Å². The fourth-order valence-corrected chi connectivity index (χ4v) is 4.36. The van der Waals surface area contributed by atoms with Crippen LogP contribution in [0, 0.1) is 0 Å². The van der Waals surface area contributed by atoms with Crippen LogP contribution in [0.15, 0.2) is 30.3 Å². The van der Waals surface area contributed by atoms with Crippen molar-refractivity contribution in [3.8, 4) is 0 Å². The van der Waals surface area contributed by atoms with Gasteiger partial charge in [-0.15, -0.1) is 0 Å². The van der Waals surface area contributed by atoms with E-state index in [4.69, 9.17) is 27.2 Å². The van der Waals surface area contributed by atoms with E-state index in [2.05, 4.69) is 0 Å². The minimum absolute atomic E-state index is 0.0870. The molecule has 1 rings (SSSR count). The largest absolute Gasteiger partial charge is 0.681 e. The molecule has 0 aromatic heterocycles. The minimum atomic E-state index is -3.21. The van der Waals surface area contributed by atoms with Crippen LogP contribution >= 0.6 is 0 Å². The maximum absolute atomic E-state index is 5.89. The lowest BCUT2D eigenvalue weighted by atomic mass is 10.1. The third-order valence-corrected chi connectivity index (χ3v) is 5.87. The van der Waals surface area contributed by atoms with Gasteiger partial charge in [0, 0.05) is 19.8 Å². The van der Waals surface area contributed by atoms with Crippen molar-refractivity contribution in [3.05, 3.63) is 35.9 Å². The molecule has 0 spiro atoms. The zero-order chi connectivity index (χ0) is 18.7. The molecule has 0 heterocycles. The maximum atomic E-state index is 5.89. The first-order valence-corrected chi connectivity index (χ1v) is 10.5. The Morgan fingerprint density at radius 2 is 1.28 bits per heavy atom. The summed E-state index contributed by atoms with van der Waals surface area (Å²) in [7, 11) is -3.21. The number of rotatable bonds is 13. The van der Waals surface area contributed by atoms with E-state index in [9.17, 15) is 0 Å². The van der Waals surface area contributed by atoms with E-state index in [-0.39, 0.29) is 6.10 Å². The molecule has 1 aromatic carbocycles. The first-order valence-electron chi connectivity index (χ1n) is 8.91. The van der Waals surface area contributed by atoms with Gasteiger partial charge in [0.15, 0.2) is 12.6 Å². The molecule has 0 fully saturated rings. The van der Waals surface area contributed by atoms with Crippen molar-refractivity contribution < 1.29 is 27.2 Å². The van der Waals surface area contributed by atoms with Gasteiger partial charge in [0.25, 0.3) is 0 Å². The third kappa shape index (κ3) is 7.95. The summed E-state index contributed by atoms with van der Waals surface area (Å²) in [6.45, 7) is 12.6. The zero-order valence-electron chi connectivity index (χ0n) is 16.2. The molecule has 0 aliphatic carbocycles. The monoisotopic (exact) mass is 372 g/mol. The smallest absolute Gasteiger partial charge is 0.351 e. The highest BCUT2D eigenvalue weighted by Crippen LogP contribution is 2.21. The predicted molar refractivity (Wildman–Crippen MR) is 97.7 cm³/mol. The van der Waals surface area contributed by atoms with Gasteiger partial charge >= 0.3 is 9.05 Å². The van der Waals surface area contributed by atoms with Crippen molar-refractivity contribution in [3.63, 3.8) is 0 Å². The number of ether oxygens (including phenoxy) is 2. The Morgan fingerprint density at radius 3 is 1.76 bits per heavy atom. The van der Waals surface area contributed by atoms with Crippen molar-refractivity contribution in [1.82, 2.24) is 0 Å². The Balaban J connectivity index is 2.58. The molecule has 7 heteroatoms. The summed E-state index contributed by atoms with van der Waals surface area (Å²) in [5.41, 5.74) is 1.09. The van der Waals surface area contributed by atoms with Crippen LogP contribution in [-0.4, -0.2) is 41.4 Å². The second kappa shape index (κ2) is 11.7. The maximum Gasteiger partial charge on any atom is 0.681 e. The Kier molecular flexibility index (Phi) is 10.4. The summed E-state index contributed by atoms with van der Waals surface area (Å²) in [4.78, 5) is 0. The zero-order valence-corrected chi connectivity index (χ0v) is 17.2. The molecular weight excluding hydrogens is 340 g/mol. The Bertz CT molecular complexity index is 441. The predicted octanol–water partition coefficient (Wildman–Crippen LogP) is 4.03. The molecule has 0 radical (unpaired) electrons. The Labute approximate surface area is 152 Å². The van der Waals surface area contributed by atoms with Crippen molar-refractivity contribution in [2.24, 2.45) is 0 Å². The second-order valence-electron chi connectivity index (χ2n) is 5.38. The summed E-state index contributed by atoms with van der Waals surface area (Å²) in [5, 5.41) is 0. The Morgan fingerprint density at radius 1 is 0.760 bits per heavy atom. The fourth-order valence-electron chi connectivity index (χ4n) is 2.38. The van der Waals surface area contributed by atoms with Gasteiger partial charge in [-0.2, -0.15) is 0 Å². The van der Waals surface area contributed by atoms with E-state index in [1.54, 1.807) is 6.92 Å². The van der Waals surface area contributed by atoms with Gasteiger partial charge in [-0.1, -0.05) is 30.3 Å². The second-order valence-corrected chi connectivity index (χ2v) is 7.48. The topological polar surface area (TPSA) is 55.4 Å². The van der Waals surface area contributed by atoms with E-state index in [1.165, 1.54) is 0 Å². The molecule has 3 atom stereocenters. The van der Waals surface area contributed by atoms with Crippen molar-refractivity contribution >= 4 is 9.05 Å². The highest BCUT2D eigenvalue weighted by atomic mass is 28.4. The number of hydrogen-bond acceptors (Lipinski definition) is 6. The van der Waals surface area contributed by atoms with E-state index >= 15 is 0 Å². The van der Waals surface area contributed by atoms with Gasteiger partial charge < -0.3 is 27.2 Å². The molecule has 0 aliphatic heterocycles. The van der Waals surface area contributed by atoms with Gasteiger partial charge in [0.05, 0.1) is 6.10 Å². The average Bonchev–Trinajstić information content (AvgIpc) is 2.56. The Hall–Kier alpha value is -0.803. The molecule has 0 N–H and O–H groups in total. The van der Waals surface area contributed by atoms with E-state index in [0.717, 1.165) is 5.56 Å². The van der Waals surface area contributed by atoms with Gasteiger partial charge in [-0.25, -0.2) is 0 Å². The molecule has 0 amide bonds. The number of benzene rings is 1. The highest BCUT2D eigenvalue weighted by molar-refractivity contribution is 6.53. The fraction of sp³-hybridized carbons (Fsp3) is 0.667. The van der Waals surface area contributed by atoms with E-state index in [1.807, 2.05) is 65.0 Å². The van der Waals surface area contributed by atoms with E-state index < -0.39 is 21.6 Å². The first-order chi connectivity index (χ1) is 12.0. The normalized spacial score (nSPS) is 15.8. The van der Waals surface area contributed by atoms with Crippen LogP contribution in [0.25, 0.3) is 0 Å². The molecule has 0 saturated carbocycles. The van der Waals surface area contributed by atoms with Crippen molar-refractivity contribution in [2.45, 2.75) is 60.2 Å².